The van der Waals surface area contributed by atoms with E-state index in [1.807, 2.05) is 68.4 Å². The van der Waals surface area contributed by atoms with Crippen LogP contribution in [0.4, 0.5) is 0 Å². The van der Waals surface area contributed by atoms with Crippen LogP contribution in [0.15, 0.2) is 66.7 Å². The standard InChI is InChI=1S/C40H42O10/c1-24-17-31(39-27(9-13-34(41)42)21-33(49-3)22-28(39)10-14-35(43)44)18-25(2)38(24)32-19-29(11-15-36(45)46)40(30(20-32)12-16-37(47)48)50-23-26-7-5-4-6-8-26/h4-8,17-22H,9-16,23H2,1-3H3,(H,41,42)(H,43,44)(H,45,46)(H,47,48). The summed E-state index contributed by atoms with van der Waals surface area (Å²) < 4.78 is 11.8. The molecule has 0 bridgehead atoms. The molecule has 10 nitrogen and oxygen atoms in total. The van der Waals surface area contributed by atoms with Gasteiger partial charge in [-0.2, -0.15) is 0 Å². The van der Waals surface area contributed by atoms with Gasteiger partial charge in [0, 0.05) is 25.7 Å². The Morgan fingerprint density at radius 2 is 0.980 bits per heavy atom. The number of hydrogen-bond acceptors (Lipinski definition) is 6. The lowest BCUT2D eigenvalue weighted by molar-refractivity contribution is -0.138. The Labute approximate surface area is 290 Å². The molecule has 4 aromatic carbocycles. The first-order valence-corrected chi connectivity index (χ1v) is 16.4. The second-order valence-corrected chi connectivity index (χ2v) is 12.3. The number of methoxy groups -OCH3 is 1. The molecule has 10 heteroatoms. The van der Waals surface area contributed by atoms with E-state index in [2.05, 4.69) is 0 Å². The minimum atomic E-state index is -0.967. The molecule has 0 heterocycles. The number of rotatable bonds is 18. The van der Waals surface area contributed by atoms with Gasteiger partial charge in [-0.1, -0.05) is 42.5 Å². The third-order valence-corrected chi connectivity index (χ3v) is 8.52. The van der Waals surface area contributed by atoms with Gasteiger partial charge in [0.25, 0.3) is 0 Å². The van der Waals surface area contributed by atoms with E-state index < -0.39 is 23.9 Å². The maximum Gasteiger partial charge on any atom is 0.303 e. The number of aryl methyl sites for hydroxylation is 6. The number of carboxylic acid groups (broad SMARTS) is 4. The van der Waals surface area contributed by atoms with Crippen LogP contribution in [0.3, 0.4) is 0 Å². The van der Waals surface area contributed by atoms with Crippen LogP contribution >= 0.6 is 0 Å². The van der Waals surface area contributed by atoms with Gasteiger partial charge in [-0.3, -0.25) is 19.2 Å². The second-order valence-electron chi connectivity index (χ2n) is 12.3. The third kappa shape index (κ3) is 9.95. The fraction of sp³-hybridized carbons (Fsp3) is 0.300. The lowest BCUT2D eigenvalue weighted by atomic mass is 9.85. The molecule has 4 N–H and O–H groups in total. The molecule has 0 spiro atoms. The third-order valence-electron chi connectivity index (χ3n) is 8.52. The Bertz CT molecular complexity index is 1780. The van der Waals surface area contributed by atoms with E-state index in [1.54, 1.807) is 12.1 Å². The first kappa shape index (κ1) is 37.2. The number of benzene rings is 4. The summed E-state index contributed by atoms with van der Waals surface area (Å²) in [5.41, 5.74) is 8.65. The molecule has 262 valence electrons. The molecular weight excluding hydrogens is 640 g/mol. The Kier molecular flexibility index (Phi) is 12.8. The Morgan fingerprint density at radius 3 is 1.40 bits per heavy atom. The largest absolute Gasteiger partial charge is 0.497 e. The summed E-state index contributed by atoms with van der Waals surface area (Å²) in [7, 11) is 1.51. The lowest BCUT2D eigenvalue weighted by Gasteiger charge is -2.22. The van der Waals surface area contributed by atoms with Gasteiger partial charge in [-0.15, -0.1) is 0 Å². The summed E-state index contributed by atoms with van der Waals surface area (Å²) >= 11 is 0. The molecule has 4 rings (SSSR count). The van der Waals surface area contributed by atoms with Crippen molar-refractivity contribution in [2.24, 2.45) is 0 Å². The van der Waals surface area contributed by atoms with Crippen LogP contribution in [0.1, 0.15) is 64.6 Å². The van der Waals surface area contributed by atoms with Crippen LogP contribution in [-0.2, 0) is 51.5 Å². The van der Waals surface area contributed by atoms with Crippen molar-refractivity contribution in [3.05, 3.63) is 106 Å². The van der Waals surface area contributed by atoms with Gasteiger partial charge in [0.1, 0.15) is 18.1 Å². The highest BCUT2D eigenvalue weighted by Crippen LogP contribution is 2.40. The van der Waals surface area contributed by atoms with E-state index in [0.717, 1.165) is 50.1 Å². The number of ether oxygens (including phenoxy) is 2. The number of aliphatic carboxylic acids is 4. The quantitative estimate of drug-likeness (QED) is 0.0836. The minimum Gasteiger partial charge on any atom is -0.497 e. The van der Waals surface area contributed by atoms with Crippen LogP contribution in [0.2, 0.25) is 0 Å². The summed E-state index contributed by atoms with van der Waals surface area (Å²) in [5, 5.41) is 38.0. The molecule has 0 aliphatic heterocycles. The molecule has 0 saturated carbocycles. The van der Waals surface area contributed by atoms with Crippen molar-refractivity contribution in [3.63, 3.8) is 0 Å². The summed E-state index contributed by atoms with van der Waals surface area (Å²) in [5.74, 6) is -2.85. The predicted molar refractivity (Wildman–Crippen MR) is 188 cm³/mol. The second kappa shape index (κ2) is 17.1. The number of hydrogen-bond donors (Lipinski definition) is 4. The Balaban J connectivity index is 1.88. The molecule has 4 aromatic rings. The van der Waals surface area contributed by atoms with Gasteiger partial charge >= 0.3 is 23.9 Å². The zero-order chi connectivity index (χ0) is 36.4. The van der Waals surface area contributed by atoms with Crippen molar-refractivity contribution in [1.29, 1.82) is 0 Å². The Morgan fingerprint density at radius 1 is 0.560 bits per heavy atom. The van der Waals surface area contributed by atoms with Gasteiger partial charge in [0.15, 0.2) is 0 Å². The zero-order valence-corrected chi connectivity index (χ0v) is 28.5. The first-order valence-electron chi connectivity index (χ1n) is 16.4. The maximum absolute atomic E-state index is 11.7. The van der Waals surface area contributed by atoms with Crippen LogP contribution in [0.5, 0.6) is 11.5 Å². The Hall–Kier alpha value is -5.64. The van der Waals surface area contributed by atoms with E-state index in [4.69, 9.17) is 9.47 Å². The first-order chi connectivity index (χ1) is 23.9. The highest BCUT2D eigenvalue weighted by Gasteiger charge is 2.21. The topological polar surface area (TPSA) is 168 Å². The zero-order valence-electron chi connectivity index (χ0n) is 28.5. The van der Waals surface area contributed by atoms with Gasteiger partial charge in [0.05, 0.1) is 7.11 Å². The molecule has 50 heavy (non-hydrogen) atoms. The van der Waals surface area contributed by atoms with Crippen molar-refractivity contribution < 1.29 is 49.1 Å². The van der Waals surface area contributed by atoms with E-state index in [9.17, 15) is 39.6 Å². The van der Waals surface area contributed by atoms with Crippen molar-refractivity contribution in [1.82, 2.24) is 0 Å². The molecular formula is C40H42O10. The van der Waals surface area contributed by atoms with E-state index in [1.165, 1.54) is 7.11 Å². The lowest BCUT2D eigenvalue weighted by Crippen LogP contribution is -2.07. The SMILES string of the molecule is COc1cc(CCC(=O)O)c(-c2cc(C)c(-c3cc(CCC(=O)O)c(OCc4ccccc4)c(CCC(=O)O)c3)c(C)c2)c(CCC(=O)O)c1. The molecule has 0 radical (unpaired) electrons. The van der Waals surface area contributed by atoms with Crippen molar-refractivity contribution in [2.75, 3.05) is 7.11 Å². The van der Waals surface area contributed by atoms with E-state index in [-0.39, 0.29) is 58.0 Å². The normalized spacial score (nSPS) is 10.9. The monoisotopic (exact) mass is 682 g/mol. The summed E-state index contributed by atoms with van der Waals surface area (Å²) in [6, 6.07) is 20.9. The molecule has 0 fully saturated rings. The molecule has 0 atom stereocenters. The van der Waals surface area contributed by atoms with Crippen LogP contribution in [0.25, 0.3) is 22.3 Å². The van der Waals surface area contributed by atoms with Crippen LogP contribution in [0, 0.1) is 13.8 Å². The van der Waals surface area contributed by atoms with Crippen molar-refractivity contribution in [3.8, 4) is 33.8 Å². The molecule has 0 saturated heterocycles. The summed E-state index contributed by atoms with van der Waals surface area (Å²) in [4.78, 5) is 46.5. The summed E-state index contributed by atoms with van der Waals surface area (Å²) in [6.07, 6.45) is 0.256. The minimum absolute atomic E-state index is 0.120. The van der Waals surface area contributed by atoms with Gasteiger partial charge < -0.3 is 29.9 Å². The van der Waals surface area contributed by atoms with Gasteiger partial charge in [-0.05, 0) is 125 Å². The fourth-order valence-electron chi connectivity index (χ4n) is 6.33. The summed E-state index contributed by atoms with van der Waals surface area (Å²) in [6.45, 7) is 4.11. The van der Waals surface area contributed by atoms with Crippen molar-refractivity contribution in [2.45, 2.75) is 71.8 Å². The number of carbonyl (C=O) groups is 4. The molecule has 0 unspecified atom stereocenters. The molecule has 0 amide bonds. The van der Waals surface area contributed by atoms with Crippen LogP contribution < -0.4 is 9.47 Å². The average molecular weight is 683 g/mol. The van der Waals surface area contributed by atoms with Crippen LogP contribution in [-0.4, -0.2) is 51.4 Å². The molecule has 0 aliphatic rings. The van der Waals surface area contributed by atoms with Gasteiger partial charge in [-0.25, -0.2) is 0 Å². The smallest absolute Gasteiger partial charge is 0.303 e. The van der Waals surface area contributed by atoms with Crippen molar-refractivity contribution >= 4 is 23.9 Å². The van der Waals surface area contributed by atoms with E-state index >= 15 is 0 Å². The van der Waals surface area contributed by atoms with E-state index in [0.29, 0.717) is 22.6 Å². The molecule has 0 aliphatic carbocycles. The number of carboxylic acids is 4. The predicted octanol–water partition coefficient (Wildman–Crippen LogP) is 7.29. The fourth-order valence-corrected chi connectivity index (χ4v) is 6.33. The molecule has 0 aromatic heterocycles. The van der Waals surface area contributed by atoms with Gasteiger partial charge in [0.2, 0.25) is 0 Å². The highest BCUT2D eigenvalue weighted by atomic mass is 16.5. The average Bonchev–Trinajstić information content (AvgIpc) is 3.07. The highest BCUT2D eigenvalue weighted by molar-refractivity contribution is 5.82. The maximum atomic E-state index is 11.7.